The van der Waals surface area contributed by atoms with E-state index in [2.05, 4.69) is 0 Å². The molecule has 0 fully saturated rings. The van der Waals surface area contributed by atoms with Gasteiger partial charge in [-0.3, -0.25) is 9.13 Å². The van der Waals surface area contributed by atoms with E-state index < -0.39 is 103 Å². The van der Waals surface area contributed by atoms with Crippen molar-refractivity contribution in [2.24, 2.45) is 0 Å². The Morgan fingerprint density at radius 3 is 1.39 bits per heavy atom. The molecule has 0 radical (unpaired) electrons. The fraction of sp³-hybridized carbons (Fsp3) is 0. The smallest absolute Gasteiger partial charge is 0.237 e. The lowest BCUT2D eigenvalue weighted by Gasteiger charge is -2.16. The minimum absolute atomic E-state index is 0.103. The normalized spacial score (nSPS) is 16.3. The van der Waals surface area contributed by atoms with Crippen LogP contribution in [0.3, 0.4) is 0 Å². The highest BCUT2D eigenvalue weighted by Crippen LogP contribution is 2.38. The van der Waals surface area contributed by atoms with Crippen LogP contribution in [0.2, 0.25) is 0 Å². The lowest BCUT2D eigenvalue weighted by atomic mass is 10.1. The van der Waals surface area contributed by atoms with Gasteiger partial charge >= 0.3 is 0 Å². The molecule has 0 amide bonds. The lowest BCUT2D eigenvalue weighted by Crippen LogP contribution is -2.08. The van der Waals surface area contributed by atoms with Crippen LogP contribution in [-0.2, 0) is 0 Å². The van der Waals surface area contributed by atoms with Crippen molar-refractivity contribution in [2.45, 2.75) is 0 Å². The minimum Gasteiger partial charge on any atom is -0.309 e. The second-order valence-corrected chi connectivity index (χ2v) is 11.9. The highest BCUT2D eigenvalue weighted by molar-refractivity contribution is 6.11. The maximum atomic E-state index is 9.25. The van der Waals surface area contributed by atoms with Gasteiger partial charge in [0.15, 0.2) is 0 Å². The van der Waals surface area contributed by atoms with E-state index in [-0.39, 0.29) is 55.1 Å². The first-order chi connectivity index (χ1) is 32.0. The van der Waals surface area contributed by atoms with E-state index >= 15 is 0 Å². The maximum absolute atomic E-state index is 9.25. The Kier molecular flexibility index (Phi) is 3.51. The summed E-state index contributed by atoms with van der Waals surface area (Å²) in [4.78, 5) is 9.98. The van der Waals surface area contributed by atoms with Gasteiger partial charge in [-0.25, -0.2) is 4.98 Å². The number of hydrogen-bond acceptors (Lipinski definition) is 2. The Morgan fingerprint density at radius 2 is 0.843 bits per heavy atom. The van der Waals surface area contributed by atoms with Crippen molar-refractivity contribution in [3.8, 4) is 28.7 Å². The molecule has 0 N–H and O–H groups in total. The highest BCUT2D eigenvalue weighted by Gasteiger charge is 2.21. The number of nitrogens with zero attached hydrogens (tertiary/aromatic N) is 5. The molecule has 238 valence electrons. The summed E-state index contributed by atoms with van der Waals surface area (Å²) in [5, 5.41) is 0.961. The number of rotatable bonds is 4. The average molecular weight is 668 g/mol. The third-order valence-corrected chi connectivity index (χ3v) is 9.20. The predicted octanol–water partition coefficient (Wildman–Crippen LogP) is 11.4. The fourth-order valence-corrected chi connectivity index (χ4v) is 7.11. The first-order valence-electron chi connectivity index (χ1n) is 24.0. The van der Waals surface area contributed by atoms with Crippen molar-refractivity contribution >= 4 is 65.4 Å². The van der Waals surface area contributed by atoms with Crippen LogP contribution >= 0.6 is 0 Å². The van der Waals surface area contributed by atoms with E-state index in [0.29, 0.717) is 11.3 Å². The van der Waals surface area contributed by atoms with Gasteiger partial charge in [-0.2, -0.15) is 4.98 Å². The fourth-order valence-electron chi connectivity index (χ4n) is 7.11. The summed E-state index contributed by atoms with van der Waals surface area (Å²) < 4.78 is 147. The molecule has 5 heteroatoms. The number of hydrogen-bond donors (Lipinski definition) is 0. The van der Waals surface area contributed by atoms with E-state index in [1.165, 1.54) is 10.6 Å². The van der Waals surface area contributed by atoms with E-state index in [1.54, 1.807) is 12.1 Å². The standard InChI is InChI=1S/C46H29N5/c1-8-22-38-30(15-1)31-16-2-9-23-39(31)49(38)44-28-14-7-21-36(44)37-29-45(50-40-24-10-3-17-32(40)33-18-4-11-25-41(33)50)48-46(47-37)51-42-26-12-5-19-34(42)35-20-6-13-27-43(35)51/h1-29H/i3D,4D,5D,6D,10D,11D,12D,13D,17D,18D,19D,20D,24D,25D,26D,27D. The van der Waals surface area contributed by atoms with Crippen LogP contribution in [0, 0.1) is 0 Å². The molecule has 0 bridgehead atoms. The number of fused-ring (bicyclic) bond motifs is 9. The highest BCUT2D eigenvalue weighted by atomic mass is 15.2. The monoisotopic (exact) mass is 667 g/mol. The maximum Gasteiger partial charge on any atom is 0.237 e. The Hall–Kier alpha value is -6.98. The molecule has 0 unspecified atom stereocenters. The van der Waals surface area contributed by atoms with Crippen LogP contribution in [-0.4, -0.2) is 23.7 Å². The summed E-state index contributed by atoms with van der Waals surface area (Å²) in [5.41, 5.74) is 1.68. The van der Waals surface area contributed by atoms with Gasteiger partial charge in [-0.1, -0.05) is 127 Å². The molecule has 4 heterocycles. The Morgan fingerprint density at radius 1 is 0.392 bits per heavy atom. The van der Waals surface area contributed by atoms with Gasteiger partial charge in [0.2, 0.25) is 5.95 Å². The Labute approximate surface area is 315 Å². The predicted molar refractivity (Wildman–Crippen MR) is 210 cm³/mol. The molecule has 0 spiro atoms. The summed E-state index contributed by atoms with van der Waals surface area (Å²) in [7, 11) is 0. The van der Waals surface area contributed by atoms with Crippen molar-refractivity contribution in [3.63, 3.8) is 0 Å². The quantitative estimate of drug-likeness (QED) is 0.187. The summed E-state index contributed by atoms with van der Waals surface area (Å²) >= 11 is 0. The number of aromatic nitrogens is 5. The van der Waals surface area contributed by atoms with Gasteiger partial charge in [0.1, 0.15) is 5.82 Å². The molecule has 0 aliphatic heterocycles. The minimum atomic E-state index is -0.681. The van der Waals surface area contributed by atoms with Crippen LogP contribution in [0.5, 0.6) is 0 Å². The topological polar surface area (TPSA) is 40.6 Å². The van der Waals surface area contributed by atoms with Crippen LogP contribution in [0.25, 0.3) is 94.1 Å². The molecule has 0 atom stereocenters. The number of para-hydroxylation sites is 7. The zero-order valence-corrected chi connectivity index (χ0v) is 26.2. The molecule has 7 aromatic carbocycles. The molecular weight excluding hydrogens is 623 g/mol. The molecule has 0 aliphatic rings. The SMILES string of the molecule is [2H]c1c([2H])c([2H])c2c(c1[2H])c1c([2H])c([2H])c([2H])c([2H])c1n2-c1cc(-c2ccccc2-n2c3ccccc3c3ccccc32)nc(-n2c3c([2H])c([2H])c([2H])c([2H])c3c3c([2H])c([2H])c([2H])c([2H])c32)n1. The van der Waals surface area contributed by atoms with Gasteiger partial charge in [0.25, 0.3) is 0 Å². The molecular formula is C46H29N5. The van der Waals surface area contributed by atoms with Crippen molar-refractivity contribution in [2.75, 3.05) is 0 Å². The molecule has 51 heavy (non-hydrogen) atoms. The van der Waals surface area contributed by atoms with Gasteiger partial charge in [0.05, 0.1) is 66.4 Å². The molecule has 0 aliphatic carbocycles. The Bertz CT molecular complexity index is 3690. The van der Waals surface area contributed by atoms with Gasteiger partial charge < -0.3 is 4.57 Å². The summed E-state index contributed by atoms with van der Waals surface area (Å²) in [6.45, 7) is 0. The summed E-state index contributed by atoms with van der Waals surface area (Å²) in [6, 6.07) is 14.1. The zero-order valence-electron chi connectivity index (χ0n) is 42.2. The number of benzene rings is 7. The largest absolute Gasteiger partial charge is 0.309 e. The van der Waals surface area contributed by atoms with Crippen molar-refractivity contribution < 1.29 is 21.9 Å². The molecule has 4 aromatic heterocycles. The summed E-state index contributed by atoms with van der Waals surface area (Å²) in [5.74, 6) is -0.625. The average Bonchev–Trinajstić information content (AvgIpc) is 4.01. The van der Waals surface area contributed by atoms with Gasteiger partial charge in [-0.05, 0) is 42.4 Å². The lowest BCUT2D eigenvalue weighted by molar-refractivity contribution is 0.951. The van der Waals surface area contributed by atoms with Crippen molar-refractivity contribution in [1.29, 1.82) is 0 Å². The van der Waals surface area contributed by atoms with E-state index in [9.17, 15) is 5.48 Å². The molecule has 11 rings (SSSR count). The first-order valence-corrected chi connectivity index (χ1v) is 16.0. The van der Waals surface area contributed by atoms with Crippen LogP contribution < -0.4 is 0 Å². The third kappa shape index (κ3) is 4.03. The van der Waals surface area contributed by atoms with Crippen molar-refractivity contribution in [3.05, 3.63) is 176 Å². The van der Waals surface area contributed by atoms with Crippen LogP contribution in [0.4, 0.5) is 0 Å². The Balaban J connectivity index is 1.38. The molecule has 0 saturated heterocycles. The second kappa shape index (κ2) is 10.8. The van der Waals surface area contributed by atoms with Crippen LogP contribution in [0.1, 0.15) is 21.9 Å². The van der Waals surface area contributed by atoms with Gasteiger partial charge in [0, 0.05) is 43.9 Å². The van der Waals surface area contributed by atoms with E-state index in [4.69, 9.17) is 26.4 Å². The third-order valence-electron chi connectivity index (χ3n) is 9.20. The zero-order chi connectivity index (χ0) is 47.4. The van der Waals surface area contributed by atoms with Crippen molar-refractivity contribution in [1.82, 2.24) is 23.7 Å². The summed E-state index contributed by atoms with van der Waals surface area (Å²) in [6.07, 6.45) is 0. The molecule has 5 nitrogen and oxygen atoms in total. The second-order valence-electron chi connectivity index (χ2n) is 11.9. The molecule has 11 aromatic rings. The molecule has 0 saturated carbocycles. The first kappa shape index (κ1) is 16.6. The van der Waals surface area contributed by atoms with Crippen LogP contribution in [0.15, 0.2) is 176 Å². The van der Waals surface area contributed by atoms with E-state index in [1.807, 2.05) is 65.2 Å². The van der Waals surface area contributed by atoms with E-state index in [0.717, 1.165) is 26.4 Å². The van der Waals surface area contributed by atoms with Gasteiger partial charge in [-0.15, -0.1) is 0 Å².